The predicted octanol–water partition coefficient (Wildman–Crippen LogP) is -0.825. The molecule has 0 aromatic heterocycles. The van der Waals surface area contributed by atoms with E-state index in [1.165, 1.54) is 13.1 Å². The highest BCUT2D eigenvalue weighted by Crippen LogP contribution is 2.00. The van der Waals surface area contributed by atoms with Crippen LogP contribution in [0.4, 0.5) is 0 Å². The number of rotatable bonds is 7. The number of likely N-dealkylation sites (N-methyl/N-ethyl adjacent to an activating group) is 1. The van der Waals surface area contributed by atoms with Gasteiger partial charge in [-0.3, -0.25) is 9.89 Å². The van der Waals surface area contributed by atoms with Gasteiger partial charge in [0, 0.05) is 46.4 Å². The lowest BCUT2D eigenvalue weighted by Gasteiger charge is -2.33. The number of aliphatic imine (C=N–C) groups is 1. The summed E-state index contributed by atoms with van der Waals surface area (Å²) in [4.78, 5) is 9.22. The number of piperazine rings is 1. The Kier molecular flexibility index (Phi) is 7.71. The van der Waals surface area contributed by atoms with Gasteiger partial charge in [0.25, 0.3) is 0 Å². The van der Waals surface area contributed by atoms with E-state index >= 15 is 0 Å². The minimum Gasteiger partial charge on any atom is -0.383 e. The summed E-state index contributed by atoms with van der Waals surface area (Å²) in [5, 5.41) is 3.01. The summed E-state index contributed by atoms with van der Waals surface area (Å²) in [6.45, 7) is 11.1. The quantitative estimate of drug-likeness (QED) is 0.354. The molecule has 1 aliphatic heterocycles. The number of nitrogens with one attached hydrogen (secondary N) is 1. The van der Waals surface area contributed by atoms with Gasteiger partial charge in [-0.1, -0.05) is 6.92 Å². The smallest absolute Gasteiger partial charge is 0.188 e. The Morgan fingerprint density at radius 1 is 1.28 bits per heavy atom. The highest BCUT2D eigenvalue weighted by atomic mass is 16.5. The zero-order valence-corrected chi connectivity index (χ0v) is 11.7. The van der Waals surface area contributed by atoms with Gasteiger partial charge < -0.3 is 20.7 Å². The molecule has 0 saturated carbocycles. The van der Waals surface area contributed by atoms with E-state index in [9.17, 15) is 0 Å². The minimum atomic E-state index is 0.513. The highest BCUT2D eigenvalue weighted by Gasteiger charge is 2.14. The molecular weight excluding hydrogens is 230 g/mol. The van der Waals surface area contributed by atoms with Crippen LogP contribution in [0.15, 0.2) is 4.99 Å². The second-order valence-electron chi connectivity index (χ2n) is 4.46. The van der Waals surface area contributed by atoms with Crippen molar-refractivity contribution in [2.24, 2.45) is 10.7 Å². The van der Waals surface area contributed by atoms with Crippen molar-refractivity contribution in [3.8, 4) is 0 Å². The van der Waals surface area contributed by atoms with E-state index in [0.29, 0.717) is 19.1 Å². The molecule has 0 atom stereocenters. The molecule has 1 saturated heterocycles. The number of hydrogen-bond donors (Lipinski definition) is 2. The minimum absolute atomic E-state index is 0.513. The van der Waals surface area contributed by atoms with E-state index in [4.69, 9.17) is 10.5 Å². The maximum atomic E-state index is 5.73. The molecule has 6 nitrogen and oxygen atoms in total. The van der Waals surface area contributed by atoms with Crippen molar-refractivity contribution in [1.82, 2.24) is 15.1 Å². The van der Waals surface area contributed by atoms with E-state index in [0.717, 1.165) is 32.7 Å². The fraction of sp³-hybridized carbons (Fsp3) is 0.917. The van der Waals surface area contributed by atoms with Crippen LogP contribution >= 0.6 is 0 Å². The SMILES string of the molecule is CCN1CCN(CCN=C(N)NCCOC)CC1. The Morgan fingerprint density at radius 2 is 1.94 bits per heavy atom. The van der Waals surface area contributed by atoms with Crippen molar-refractivity contribution >= 4 is 5.96 Å². The summed E-state index contributed by atoms with van der Waals surface area (Å²) >= 11 is 0. The van der Waals surface area contributed by atoms with Crippen LogP contribution in [0.2, 0.25) is 0 Å². The largest absolute Gasteiger partial charge is 0.383 e. The summed E-state index contributed by atoms with van der Waals surface area (Å²) in [6.07, 6.45) is 0. The predicted molar refractivity (Wildman–Crippen MR) is 74.9 cm³/mol. The van der Waals surface area contributed by atoms with Gasteiger partial charge in [-0.2, -0.15) is 0 Å². The standard InChI is InChI=1S/C12H27N5O/c1-3-16-7-9-17(10-8-16)6-4-14-12(13)15-5-11-18-2/h3-11H2,1-2H3,(H3,13,14,15). The van der Waals surface area contributed by atoms with Gasteiger partial charge in [-0.25, -0.2) is 0 Å². The molecule has 1 heterocycles. The molecule has 0 unspecified atom stereocenters. The average molecular weight is 257 g/mol. The van der Waals surface area contributed by atoms with Crippen LogP contribution < -0.4 is 11.1 Å². The fourth-order valence-electron chi connectivity index (χ4n) is 1.98. The molecule has 0 radical (unpaired) electrons. The molecule has 1 rings (SSSR count). The zero-order chi connectivity index (χ0) is 13.2. The average Bonchev–Trinajstić information content (AvgIpc) is 2.40. The molecule has 3 N–H and O–H groups in total. The maximum absolute atomic E-state index is 5.73. The van der Waals surface area contributed by atoms with Crippen molar-refractivity contribution in [1.29, 1.82) is 0 Å². The van der Waals surface area contributed by atoms with Crippen LogP contribution in [0.3, 0.4) is 0 Å². The van der Waals surface area contributed by atoms with Gasteiger partial charge in [-0.05, 0) is 6.54 Å². The summed E-state index contributed by atoms with van der Waals surface area (Å²) in [5.74, 6) is 0.513. The molecule has 106 valence electrons. The molecular formula is C12H27N5O. The Morgan fingerprint density at radius 3 is 2.56 bits per heavy atom. The van der Waals surface area contributed by atoms with Crippen molar-refractivity contribution in [2.75, 3.05) is 66.1 Å². The van der Waals surface area contributed by atoms with Gasteiger partial charge in [0.15, 0.2) is 5.96 Å². The first-order valence-electron chi connectivity index (χ1n) is 6.73. The van der Waals surface area contributed by atoms with Crippen molar-refractivity contribution in [3.63, 3.8) is 0 Å². The number of guanidine groups is 1. The van der Waals surface area contributed by atoms with Gasteiger partial charge in [0.05, 0.1) is 13.2 Å². The number of hydrogen-bond acceptors (Lipinski definition) is 4. The Balaban J connectivity index is 2.08. The van der Waals surface area contributed by atoms with Crippen molar-refractivity contribution in [3.05, 3.63) is 0 Å². The zero-order valence-electron chi connectivity index (χ0n) is 11.7. The van der Waals surface area contributed by atoms with Crippen molar-refractivity contribution < 1.29 is 4.74 Å². The molecule has 0 amide bonds. The van der Waals surface area contributed by atoms with Crippen LogP contribution in [-0.2, 0) is 4.74 Å². The molecule has 0 spiro atoms. The van der Waals surface area contributed by atoms with E-state index in [2.05, 4.69) is 27.0 Å². The normalized spacial score (nSPS) is 19.1. The van der Waals surface area contributed by atoms with Gasteiger partial charge in [0.1, 0.15) is 0 Å². The molecule has 1 aliphatic rings. The summed E-state index contributed by atoms with van der Waals surface area (Å²) in [7, 11) is 1.67. The number of nitrogens with two attached hydrogens (primary N) is 1. The monoisotopic (exact) mass is 257 g/mol. The number of ether oxygens (including phenoxy) is 1. The number of nitrogens with zero attached hydrogens (tertiary/aromatic N) is 3. The van der Waals surface area contributed by atoms with Crippen LogP contribution in [-0.4, -0.2) is 81.8 Å². The van der Waals surface area contributed by atoms with Crippen LogP contribution in [0, 0.1) is 0 Å². The first kappa shape index (κ1) is 15.2. The first-order chi connectivity index (χ1) is 8.76. The third kappa shape index (κ3) is 6.18. The summed E-state index contributed by atoms with van der Waals surface area (Å²) in [6, 6.07) is 0. The number of methoxy groups -OCH3 is 1. The van der Waals surface area contributed by atoms with E-state index < -0.39 is 0 Å². The molecule has 18 heavy (non-hydrogen) atoms. The molecule has 6 heteroatoms. The lowest BCUT2D eigenvalue weighted by molar-refractivity contribution is 0.140. The first-order valence-corrected chi connectivity index (χ1v) is 6.73. The van der Waals surface area contributed by atoms with Gasteiger partial charge in [-0.15, -0.1) is 0 Å². The molecule has 0 aromatic rings. The lowest BCUT2D eigenvalue weighted by Crippen LogP contribution is -2.47. The molecule has 0 aliphatic carbocycles. The highest BCUT2D eigenvalue weighted by molar-refractivity contribution is 5.77. The second-order valence-corrected chi connectivity index (χ2v) is 4.46. The molecule has 0 bridgehead atoms. The van der Waals surface area contributed by atoms with E-state index in [1.54, 1.807) is 7.11 Å². The van der Waals surface area contributed by atoms with Gasteiger partial charge >= 0.3 is 0 Å². The van der Waals surface area contributed by atoms with Crippen molar-refractivity contribution in [2.45, 2.75) is 6.92 Å². The van der Waals surface area contributed by atoms with E-state index in [1.807, 2.05) is 0 Å². The van der Waals surface area contributed by atoms with Crippen LogP contribution in [0.5, 0.6) is 0 Å². The Labute approximate surface area is 110 Å². The molecule has 0 aromatic carbocycles. The topological polar surface area (TPSA) is 66.1 Å². The third-order valence-electron chi connectivity index (χ3n) is 3.22. The summed E-state index contributed by atoms with van der Waals surface area (Å²) in [5.41, 5.74) is 5.73. The van der Waals surface area contributed by atoms with E-state index in [-0.39, 0.29) is 0 Å². The summed E-state index contributed by atoms with van der Waals surface area (Å²) < 4.78 is 4.93. The van der Waals surface area contributed by atoms with Crippen LogP contribution in [0.1, 0.15) is 6.92 Å². The van der Waals surface area contributed by atoms with Gasteiger partial charge in [0.2, 0.25) is 0 Å². The second kappa shape index (κ2) is 9.13. The Bertz CT molecular complexity index is 239. The van der Waals surface area contributed by atoms with Crippen LogP contribution in [0.25, 0.3) is 0 Å². The lowest BCUT2D eigenvalue weighted by atomic mass is 10.3. The molecule has 1 fully saturated rings. The fourth-order valence-corrected chi connectivity index (χ4v) is 1.98. The maximum Gasteiger partial charge on any atom is 0.188 e. The third-order valence-corrected chi connectivity index (χ3v) is 3.22. The Hall–Kier alpha value is -0.850.